The third kappa shape index (κ3) is 5.10. The van der Waals surface area contributed by atoms with Gasteiger partial charge in [-0.05, 0) is 31.5 Å². The zero-order chi connectivity index (χ0) is 20.1. The second-order valence-corrected chi connectivity index (χ2v) is 8.19. The van der Waals surface area contributed by atoms with E-state index in [2.05, 4.69) is 28.5 Å². The monoisotopic (exact) mass is 408 g/mol. The summed E-state index contributed by atoms with van der Waals surface area (Å²) in [6.07, 6.45) is 1.16. The maximum atomic E-state index is 12.7. The highest BCUT2D eigenvalue weighted by Crippen LogP contribution is 2.31. The predicted molar refractivity (Wildman–Crippen MR) is 115 cm³/mol. The Kier molecular flexibility index (Phi) is 7.43. The fourth-order valence-electron chi connectivity index (χ4n) is 4.02. The summed E-state index contributed by atoms with van der Waals surface area (Å²) in [5, 5.41) is 0.713. The van der Waals surface area contributed by atoms with Gasteiger partial charge in [-0.1, -0.05) is 18.5 Å². The minimum atomic E-state index is 0.262. The van der Waals surface area contributed by atoms with Crippen LogP contribution in [0.1, 0.15) is 20.3 Å². The van der Waals surface area contributed by atoms with Crippen LogP contribution in [0.3, 0.4) is 0 Å². The lowest BCUT2D eigenvalue weighted by atomic mass is 10.2. The van der Waals surface area contributed by atoms with E-state index in [9.17, 15) is 4.79 Å². The van der Waals surface area contributed by atoms with E-state index >= 15 is 0 Å². The first kappa shape index (κ1) is 21.2. The number of benzene rings is 1. The van der Waals surface area contributed by atoms with E-state index in [0.717, 1.165) is 70.2 Å². The van der Waals surface area contributed by atoms with Crippen molar-refractivity contribution in [2.45, 2.75) is 26.3 Å². The predicted octanol–water partition coefficient (Wildman–Crippen LogP) is 2.41. The topological polar surface area (TPSA) is 39.3 Å². The molecule has 1 unspecified atom stereocenters. The van der Waals surface area contributed by atoms with E-state index in [0.29, 0.717) is 17.6 Å². The molecule has 0 aromatic heterocycles. The quantitative estimate of drug-likeness (QED) is 0.722. The molecule has 6 nitrogen and oxygen atoms in total. The van der Waals surface area contributed by atoms with E-state index < -0.39 is 0 Å². The minimum Gasteiger partial charge on any atom is -0.495 e. The summed E-state index contributed by atoms with van der Waals surface area (Å²) >= 11 is 6.17. The van der Waals surface area contributed by atoms with Gasteiger partial charge in [-0.25, -0.2) is 0 Å². The van der Waals surface area contributed by atoms with Crippen LogP contribution in [0.5, 0.6) is 5.75 Å². The van der Waals surface area contributed by atoms with Gasteiger partial charge < -0.3 is 14.5 Å². The summed E-state index contributed by atoms with van der Waals surface area (Å²) < 4.78 is 5.48. The fraction of sp³-hybridized carbons (Fsp3) is 0.667. The van der Waals surface area contributed by atoms with Gasteiger partial charge in [-0.2, -0.15) is 0 Å². The molecule has 3 rings (SSSR count). The molecule has 28 heavy (non-hydrogen) atoms. The number of halogens is 1. The van der Waals surface area contributed by atoms with Gasteiger partial charge in [-0.15, -0.1) is 0 Å². The molecule has 2 saturated heterocycles. The van der Waals surface area contributed by atoms with Crippen LogP contribution < -0.4 is 9.64 Å². The number of piperazine rings is 2. The molecule has 2 aliphatic rings. The molecule has 0 spiro atoms. The number of hydrogen-bond donors (Lipinski definition) is 0. The van der Waals surface area contributed by atoms with Crippen molar-refractivity contribution in [3.8, 4) is 5.75 Å². The number of nitrogens with zero attached hydrogens (tertiary/aromatic N) is 4. The Balaban J connectivity index is 1.47. The van der Waals surface area contributed by atoms with Gasteiger partial charge in [0.2, 0.25) is 5.91 Å². The summed E-state index contributed by atoms with van der Waals surface area (Å²) in [5.41, 5.74) is 1.03. The summed E-state index contributed by atoms with van der Waals surface area (Å²) in [6, 6.07) is 6.32. The highest BCUT2D eigenvalue weighted by molar-refractivity contribution is 6.30. The largest absolute Gasteiger partial charge is 0.495 e. The fourth-order valence-corrected chi connectivity index (χ4v) is 4.19. The molecule has 2 heterocycles. The van der Waals surface area contributed by atoms with Crippen molar-refractivity contribution in [2.75, 3.05) is 70.9 Å². The number of methoxy groups -OCH3 is 1. The van der Waals surface area contributed by atoms with Crippen LogP contribution in [0.25, 0.3) is 0 Å². The molecule has 1 atom stereocenters. The van der Waals surface area contributed by atoms with E-state index in [1.807, 2.05) is 23.1 Å². The molecular weight excluding hydrogens is 376 g/mol. The van der Waals surface area contributed by atoms with Crippen molar-refractivity contribution in [3.63, 3.8) is 0 Å². The van der Waals surface area contributed by atoms with Crippen LogP contribution >= 0.6 is 11.6 Å². The molecule has 7 heteroatoms. The number of carbonyl (C=O) groups is 1. The van der Waals surface area contributed by atoms with Crippen molar-refractivity contribution in [2.24, 2.45) is 0 Å². The Morgan fingerprint density at radius 2 is 1.79 bits per heavy atom. The molecule has 2 fully saturated rings. The molecule has 0 N–H and O–H groups in total. The zero-order valence-electron chi connectivity index (χ0n) is 17.4. The van der Waals surface area contributed by atoms with E-state index in [-0.39, 0.29) is 5.91 Å². The van der Waals surface area contributed by atoms with Gasteiger partial charge in [-0.3, -0.25) is 14.6 Å². The smallest absolute Gasteiger partial charge is 0.236 e. The van der Waals surface area contributed by atoms with Gasteiger partial charge in [0.25, 0.3) is 0 Å². The SMILES string of the molecule is CCC(C)N1CCN(C(=O)CN2CCN(c3cc(Cl)ccc3OC)CC2)CC1. The first-order valence-corrected chi connectivity index (χ1v) is 10.7. The lowest BCUT2D eigenvalue weighted by Gasteiger charge is -2.40. The minimum absolute atomic E-state index is 0.262. The van der Waals surface area contributed by atoms with Crippen molar-refractivity contribution >= 4 is 23.2 Å². The van der Waals surface area contributed by atoms with Crippen LogP contribution in [0.2, 0.25) is 5.02 Å². The van der Waals surface area contributed by atoms with Gasteiger partial charge in [0.05, 0.1) is 19.3 Å². The normalized spacial score (nSPS) is 20.3. The molecule has 0 bridgehead atoms. The molecule has 2 aliphatic heterocycles. The summed E-state index contributed by atoms with van der Waals surface area (Å²) in [6.45, 7) is 12.2. The summed E-state index contributed by atoms with van der Waals surface area (Å²) in [7, 11) is 1.68. The Morgan fingerprint density at radius 1 is 1.11 bits per heavy atom. The molecule has 0 radical (unpaired) electrons. The maximum absolute atomic E-state index is 12.7. The number of ether oxygens (including phenoxy) is 1. The molecule has 0 saturated carbocycles. The molecule has 0 aliphatic carbocycles. The molecular formula is C21H33ClN4O2. The van der Waals surface area contributed by atoms with E-state index in [1.54, 1.807) is 7.11 Å². The second kappa shape index (κ2) is 9.81. The van der Waals surface area contributed by atoms with Crippen LogP contribution in [0.4, 0.5) is 5.69 Å². The first-order chi connectivity index (χ1) is 13.5. The van der Waals surface area contributed by atoms with Gasteiger partial charge in [0.15, 0.2) is 0 Å². The van der Waals surface area contributed by atoms with Crippen LogP contribution in [0, 0.1) is 0 Å². The Bertz CT molecular complexity index is 656. The Morgan fingerprint density at radius 3 is 2.39 bits per heavy atom. The van der Waals surface area contributed by atoms with Gasteiger partial charge in [0.1, 0.15) is 5.75 Å². The number of amides is 1. The number of anilines is 1. The standard InChI is InChI=1S/C21H33ClN4O2/c1-4-17(2)24-11-13-26(14-12-24)21(27)16-23-7-9-25(10-8-23)19-15-18(22)5-6-20(19)28-3/h5-6,15,17H,4,7-14,16H2,1-3H3. The lowest BCUT2D eigenvalue weighted by Crippen LogP contribution is -2.55. The van der Waals surface area contributed by atoms with E-state index in [4.69, 9.17) is 16.3 Å². The number of hydrogen-bond acceptors (Lipinski definition) is 5. The lowest BCUT2D eigenvalue weighted by molar-refractivity contribution is -0.134. The number of carbonyl (C=O) groups excluding carboxylic acids is 1. The van der Waals surface area contributed by atoms with Crippen molar-refractivity contribution in [1.29, 1.82) is 0 Å². The van der Waals surface area contributed by atoms with Gasteiger partial charge in [0, 0.05) is 63.4 Å². The second-order valence-electron chi connectivity index (χ2n) is 7.75. The number of rotatable bonds is 6. The average molecular weight is 409 g/mol. The van der Waals surface area contributed by atoms with Crippen molar-refractivity contribution < 1.29 is 9.53 Å². The van der Waals surface area contributed by atoms with Gasteiger partial charge >= 0.3 is 0 Å². The molecule has 1 amide bonds. The Hall–Kier alpha value is -1.50. The maximum Gasteiger partial charge on any atom is 0.236 e. The third-order valence-corrected chi connectivity index (χ3v) is 6.33. The molecule has 156 valence electrons. The highest BCUT2D eigenvalue weighted by Gasteiger charge is 2.26. The third-order valence-electron chi connectivity index (χ3n) is 6.09. The summed E-state index contributed by atoms with van der Waals surface area (Å²) in [5.74, 6) is 1.10. The highest BCUT2D eigenvalue weighted by atomic mass is 35.5. The molecule has 1 aromatic rings. The van der Waals surface area contributed by atoms with Crippen LogP contribution in [-0.2, 0) is 4.79 Å². The molecule has 1 aromatic carbocycles. The van der Waals surface area contributed by atoms with Crippen LogP contribution in [-0.4, -0.2) is 92.7 Å². The van der Waals surface area contributed by atoms with E-state index in [1.165, 1.54) is 0 Å². The summed E-state index contributed by atoms with van der Waals surface area (Å²) in [4.78, 5) is 21.8. The Labute approximate surface area is 174 Å². The average Bonchev–Trinajstić information content (AvgIpc) is 2.73. The zero-order valence-corrected chi connectivity index (χ0v) is 18.1. The van der Waals surface area contributed by atoms with Crippen LogP contribution in [0.15, 0.2) is 18.2 Å². The first-order valence-electron chi connectivity index (χ1n) is 10.3. The van der Waals surface area contributed by atoms with Crippen molar-refractivity contribution in [3.05, 3.63) is 23.2 Å². The van der Waals surface area contributed by atoms with Crippen molar-refractivity contribution in [1.82, 2.24) is 14.7 Å².